The molecule has 1 heterocycles. The van der Waals surface area contributed by atoms with Crippen molar-refractivity contribution in [2.24, 2.45) is 0 Å². The third kappa shape index (κ3) is 4.19. The molecule has 0 saturated heterocycles. The van der Waals surface area contributed by atoms with Gasteiger partial charge in [0.1, 0.15) is 11.6 Å². The first-order valence-electron chi connectivity index (χ1n) is 7.00. The molecule has 1 aromatic heterocycles. The Labute approximate surface area is 123 Å². The van der Waals surface area contributed by atoms with Gasteiger partial charge in [0, 0.05) is 32.9 Å². The molecule has 0 aliphatic heterocycles. The molecule has 2 aromatic rings. The fourth-order valence-corrected chi connectivity index (χ4v) is 2.03. The normalized spacial score (nSPS) is 12.3. The number of carbonyl (C=O) groups excluding carboxylic acids is 1. The van der Waals surface area contributed by atoms with Crippen molar-refractivity contribution in [3.8, 4) is 0 Å². The Morgan fingerprint density at radius 2 is 2.29 bits per heavy atom. The molecule has 1 amide bonds. The number of nitrogens with one attached hydrogen (secondary N) is 2. The van der Waals surface area contributed by atoms with E-state index >= 15 is 0 Å². The number of methoxy groups -OCH3 is 1. The summed E-state index contributed by atoms with van der Waals surface area (Å²) in [5.41, 5.74) is 2.37. The lowest BCUT2D eigenvalue weighted by Crippen LogP contribution is -2.38. The molecule has 6 heteroatoms. The Bertz CT molecular complexity index is 609. The quantitative estimate of drug-likeness (QED) is 0.764. The van der Waals surface area contributed by atoms with Crippen LogP contribution in [0.1, 0.15) is 19.2 Å². The van der Waals surface area contributed by atoms with Gasteiger partial charge in [-0.05, 0) is 31.5 Å². The molecular weight excluding hydrogens is 270 g/mol. The molecule has 0 aliphatic carbocycles. The van der Waals surface area contributed by atoms with E-state index in [4.69, 9.17) is 9.15 Å². The Kier molecular flexibility index (Phi) is 5.16. The van der Waals surface area contributed by atoms with Crippen LogP contribution in [0.15, 0.2) is 22.6 Å². The highest BCUT2D eigenvalue weighted by Gasteiger charge is 2.12. The van der Waals surface area contributed by atoms with E-state index in [9.17, 15) is 4.79 Å². The predicted molar refractivity (Wildman–Crippen MR) is 81.3 cm³/mol. The van der Waals surface area contributed by atoms with Gasteiger partial charge >= 0.3 is 0 Å². The summed E-state index contributed by atoms with van der Waals surface area (Å²) in [4.78, 5) is 16.2. The Balaban J connectivity index is 1.90. The summed E-state index contributed by atoms with van der Waals surface area (Å²) in [7, 11) is 1.65. The minimum absolute atomic E-state index is 0.0393. The molecule has 1 atom stereocenters. The first-order chi connectivity index (χ1) is 10.1. The van der Waals surface area contributed by atoms with Crippen molar-refractivity contribution in [2.75, 3.05) is 25.6 Å². The zero-order valence-electron chi connectivity index (χ0n) is 12.6. The smallest absolute Gasteiger partial charge is 0.242 e. The van der Waals surface area contributed by atoms with Gasteiger partial charge in [-0.3, -0.25) is 4.79 Å². The molecule has 1 aromatic carbocycles. The first kappa shape index (κ1) is 15.3. The van der Waals surface area contributed by atoms with Crippen molar-refractivity contribution < 1.29 is 13.9 Å². The number of hydrogen-bond donors (Lipinski definition) is 2. The predicted octanol–water partition coefficient (Wildman–Crippen LogP) is 2.09. The highest BCUT2D eigenvalue weighted by Crippen LogP contribution is 2.20. The Hall–Kier alpha value is -2.08. The van der Waals surface area contributed by atoms with Crippen LogP contribution in [0, 0.1) is 6.92 Å². The van der Waals surface area contributed by atoms with E-state index in [0.29, 0.717) is 19.0 Å². The van der Waals surface area contributed by atoms with E-state index in [1.807, 2.05) is 32.0 Å². The fourth-order valence-electron chi connectivity index (χ4n) is 2.03. The van der Waals surface area contributed by atoms with E-state index in [2.05, 4.69) is 15.6 Å². The van der Waals surface area contributed by atoms with Crippen LogP contribution >= 0.6 is 0 Å². The number of hydrogen-bond acceptors (Lipinski definition) is 5. The molecule has 0 bridgehead atoms. The molecule has 6 nitrogen and oxygen atoms in total. The minimum atomic E-state index is -0.321. The number of ether oxygens (including phenoxy) is 1. The number of nitrogens with zero attached hydrogens (tertiary/aromatic N) is 1. The molecule has 2 N–H and O–H groups in total. The summed E-state index contributed by atoms with van der Waals surface area (Å²) in [5.74, 6) is 0.591. The Morgan fingerprint density at radius 3 is 3.05 bits per heavy atom. The molecule has 0 fully saturated rings. The third-order valence-corrected chi connectivity index (χ3v) is 3.10. The number of fused-ring (bicyclic) bond motifs is 1. The lowest BCUT2D eigenvalue weighted by atomic mass is 10.2. The van der Waals surface area contributed by atoms with Gasteiger partial charge in [0.2, 0.25) is 5.91 Å². The summed E-state index contributed by atoms with van der Waals surface area (Å²) in [5, 5.41) is 6.02. The molecule has 0 spiro atoms. The van der Waals surface area contributed by atoms with Gasteiger partial charge in [-0.2, -0.15) is 0 Å². The molecular formula is C15H21N3O3. The molecule has 21 heavy (non-hydrogen) atoms. The number of benzene rings is 1. The second-order valence-electron chi connectivity index (χ2n) is 4.92. The van der Waals surface area contributed by atoms with Crippen LogP contribution in [-0.2, 0) is 9.53 Å². The van der Waals surface area contributed by atoms with Crippen LogP contribution in [0.5, 0.6) is 0 Å². The number of oxazole rings is 1. The van der Waals surface area contributed by atoms with Crippen molar-refractivity contribution in [3.63, 3.8) is 0 Å². The second-order valence-corrected chi connectivity index (χ2v) is 4.92. The molecule has 0 radical (unpaired) electrons. The van der Waals surface area contributed by atoms with E-state index in [1.165, 1.54) is 0 Å². The van der Waals surface area contributed by atoms with Gasteiger partial charge in [-0.25, -0.2) is 4.98 Å². The van der Waals surface area contributed by atoms with Gasteiger partial charge < -0.3 is 19.8 Å². The van der Waals surface area contributed by atoms with Crippen molar-refractivity contribution in [2.45, 2.75) is 26.3 Å². The summed E-state index contributed by atoms with van der Waals surface area (Å²) in [6.45, 7) is 4.89. The zero-order chi connectivity index (χ0) is 15.2. The average Bonchev–Trinajstić information content (AvgIpc) is 2.82. The van der Waals surface area contributed by atoms with Gasteiger partial charge in [0.15, 0.2) is 11.5 Å². The standard InChI is InChI=1S/C15H21N3O3/c1-10(15(19)16-7-4-8-20-3)17-12-5-6-14-13(9-12)18-11(2)21-14/h5-6,9-10,17H,4,7-8H2,1-3H3,(H,16,19). The lowest BCUT2D eigenvalue weighted by molar-refractivity contribution is -0.121. The summed E-state index contributed by atoms with van der Waals surface area (Å²) in [6.07, 6.45) is 0.805. The SMILES string of the molecule is COCCCNC(=O)C(C)Nc1ccc2oc(C)nc2c1. The second kappa shape index (κ2) is 7.08. The minimum Gasteiger partial charge on any atom is -0.441 e. The molecule has 1 unspecified atom stereocenters. The maximum absolute atomic E-state index is 11.9. The van der Waals surface area contributed by atoms with E-state index in [0.717, 1.165) is 23.2 Å². The largest absolute Gasteiger partial charge is 0.441 e. The van der Waals surface area contributed by atoms with Crippen LogP contribution in [-0.4, -0.2) is 37.2 Å². The molecule has 0 aliphatic rings. The van der Waals surface area contributed by atoms with E-state index < -0.39 is 0 Å². The summed E-state index contributed by atoms with van der Waals surface area (Å²) < 4.78 is 10.4. The van der Waals surface area contributed by atoms with Crippen LogP contribution in [0.2, 0.25) is 0 Å². The van der Waals surface area contributed by atoms with Crippen LogP contribution < -0.4 is 10.6 Å². The maximum atomic E-state index is 11.9. The monoisotopic (exact) mass is 291 g/mol. The average molecular weight is 291 g/mol. The zero-order valence-corrected chi connectivity index (χ0v) is 12.6. The number of aromatic nitrogens is 1. The highest BCUT2D eigenvalue weighted by molar-refractivity contribution is 5.85. The van der Waals surface area contributed by atoms with Gasteiger partial charge in [-0.1, -0.05) is 0 Å². The summed E-state index contributed by atoms with van der Waals surface area (Å²) in [6, 6.07) is 5.28. The topological polar surface area (TPSA) is 76.4 Å². The van der Waals surface area contributed by atoms with Crippen LogP contribution in [0.3, 0.4) is 0 Å². The number of aryl methyl sites for hydroxylation is 1. The number of amides is 1. The van der Waals surface area contributed by atoms with Crippen LogP contribution in [0.25, 0.3) is 11.1 Å². The van der Waals surface area contributed by atoms with E-state index in [1.54, 1.807) is 7.11 Å². The van der Waals surface area contributed by atoms with Crippen molar-refractivity contribution in [1.82, 2.24) is 10.3 Å². The van der Waals surface area contributed by atoms with Gasteiger partial charge in [0.05, 0.1) is 0 Å². The van der Waals surface area contributed by atoms with Crippen LogP contribution in [0.4, 0.5) is 5.69 Å². The maximum Gasteiger partial charge on any atom is 0.242 e. The van der Waals surface area contributed by atoms with Gasteiger partial charge in [0.25, 0.3) is 0 Å². The van der Waals surface area contributed by atoms with Crippen molar-refractivity contribution in [3.05, 3.63) is 24.1 Å². The Morgan fingerprint density at radius 1 is 1.48 bits per heavy atom. The highest BCUT2D eigenvalue weighted by atomic mass is 16.5. The third-order valence-electron chi connectivity index (χ3n) is 3.10. The van der Waals surface area contributed by atoms with Crippen molar-refractivity contribution in [1.29, 1.82) is 0 Å². The van der Waals surface area contributed by atoms with Crippen molar-refractivity contribution >= 4 is 22.7 Å². The number of carbonyl (C=O) groups is 1. The number of anilines is 1. The van der Waals surface area contributed by atoms with E-state index in [-0.39, 0.29) is 11.9 Å². The molecule has 2 rings (SSSR count). The van der Waals surface area contributed by atoms with Gasteiger partial charge in [-0.15, -0.1) is 0 Å². The fraction of sp³-hybridized carbons (Fsp3) is 0.467. The molecule has 114 valence electrons. The molecule has 0 saturated carbocycles. The first-order valence-corrected chi connectivity index (χ1v) is 7.00. The number of rotatable bonds is 7. The summed E-state index contributed by atoms with van der Waals surface area (Å²) >= 11 is 0. The lowest BCUT2D eigenvalue weighted by Gasteiger charge is -2.15.